The average Bonchev–Trinajstić information content (AvgIpc) is 3.31. The van der Waals surface area contributed by atoms with Crippen LogP contribution >= 0.6 is 11.6 Å². The molecule has 0 saturated carbocycles. The molecule has 0 bridgehead atoms. The lowest BCUT2D eigenvalue weighted by Gasteiger charge is -2.09. The van der Waals surface area contributed by atoms with Crippen LogP contribution in [0.1, 0.15) is 35.3 Å². The van der Waals surface area contributed by atoms with Gasteiger partial charge in [0, 0.05) is 30.1 Å². The van der Waals surface area contributed by atoms with Crippen LogP contribution in [-0.2, 0) is 12.3 Å². The Morgan fingerprint density at radius 2 is 1.93 bits per heavy atom. The van der Waals surface area contributed by atoms with Crippen LogP contribution in [0, 0.1) is 11.8 Å². The van der Waals surface area contributed by atoms with Crippen LogP contribution in [0.2, 0.25) is 5.02 Å². The Morgan fingerprint density at radius 3 is 2.70 bits per heavy atom. The van der Waals surface area contributed by atoms with Gasteiger partial charge in [-0.15, -0.1) is 5.10 Å². The molecule has 0 aliphatic carbocycles. The SMILES string of the molecule is CC(F)(F)c1ccc(C#Cc2ncn3c2Cc2cnnn2-c2cc(Cl)ccc2-3)nc1. The van der Waals surface area contributed by atoms with Crippen molar-refractivity contribution >= 4 is 11.6 Å². The van der Waals surface area contributed by atoms with Crippen molar-refractivity contribution in [3.05, 3.63) is 82.4 Å². The van der Waals surface area contributed by atoms with Gasteiger partial charge >= 0.3 is 0 Å². The Morgan fingerprint density at radius 1 is 1.07 bits per heavy atom. The van der Waals surface area contributed by atoms with Crippen LogP contribution in [0.15, 0.2) is 49.1 Å². The molecule has 0 N–H and O–H groups in total. The molecule has 4 aromatic rings. The Kier molecular flexibility index (Phi) is 4.15. The maximum absolute atomic E-state index is 13.4. The second-order valence-electron chi connectivity index (χ2n) is 6.93. The molecule has 0 fully saturated rings. The maximum Gasteiger partial charge on any atom is 0.272 e. The van der Waals surface area contributed by atoms with Gasteiger partial charge in [-0.05, 0) is 42.2 Å². The minimum absolute atomic E-state index is 0.153. The van der Waals surface area contributed by atoms with Gasteiger partial charge in [0.25, 0.3) is 5.92 Å². The molecule has 5 rings (SSSR count). The van der Waals surface area contributed by atoms with E-state index >= 15 is 0 Å². The van der Waals surface area contributed by atoms with E-state index in [0.29, 0.717) is 22.8 Å². The number of rotatable bonds is 1. The van der Waals surface area contributed by atoms with Crippen LogP contribution in [0.4, 0.5) is 8.78 Å². The van der Waals surface area contributed by atoms with E-state index in [1.807, 2.05) is 16.7 Å². The number of hydrogen-bond acceptors (Lipinski definition) is 4. The molecule has 1 aliphatic rings. The molecule has 9 heteroatoms. The van der Waals surface area contributed by atoms with Crippen molar-refractivity contribution in [2.24, 2.45) is 0 Å². The zero-order chi connectivity index (χ0) is 20.9. The lowest BCUT2D eigenvalue weighted by Crippen LogP contribution is -2.07. The van der Waals surface area contributed by atoms with E-state index in [1.54, 1.807) is 23.3 Å². The molecule has 4 heterocycles. The fourth-order valence-electron chi connectivity index (χ4n) is 3.33. The number of pyridine rings is 1. The first-order valence-corrected chi connectivity index (χ1v) is 9.40. The quantitative estimate of drug-likeness (QED) is 0.384. The molecule has 0 atom stereocenters. The maximum atomic E-state index is 13.4. The van der Waals surface area contributed by atoms with Crippen molar-refractivity contribution in [1.29, 1.82) is 0 Å². The molecule has 0 amide bonds. The summed E-state index contributed by atoms with van der Waals surface area (Å²) < 4.78 is 30.4. The number of nitrogens with zero attached hydrogens (tertiary/aromatic N) is 6. The van der Waals surface area contributed by atoms with E-state index in [2.05, 4.69) is 32.1 Å². The number of fused-ring (bicyclic) bond motifs is 5. The number of halogens is 3. The Labute approximate surface area is 175 Å². The van der Waals surface area contributed by atoms with Crippen LogP contribution in [0.25, 0.3) is 11.4 Å². The Bertz CT molecular complexity index is 1320. The van der Waals surface area contributed by atoms with Gasteiger partial charge in [-0.25, -0.2) is 23.4 Å². The van der Waals surface area contributed by atoms with Crippen molar-refractivity contribution in [2.75, 3.05) is 0 Å². The number of imidazole rings is 1. The summed E-state index contributed by atoms with van der Waals surface area (Å²) in [4.78, 5) is 8.47. The van der Waals surface area contributed by atoms with Gasteiger partial charge in [0.15, 0.2) is 0 Å². The van der Waals surface area contributed by atoms with Gasteiger partial charge in [0.1, 0.15) is 17.7 Å². The second kappa shape index (κ2) is 6.75. The van der Waals surface area contributed by atoms with Gasteiger partial charge in [0.2, 0.25) is 0 Å². The molecular formula is C21H13ClF2N6. The van der Waals surface area contributed by atoms with Crippen molar-refractivity contribution in [1.82, 2.24) is 29.5 Å². The summed E-state index contributed by atoms with van der Waals surface area (Å²) in [5, 5.41) is 8.78. The summed E-state index contributed by atoms with van der Waals surface area (Å²) in [6.45, 7) is 0.834. The number of aromatic nitrogens is 6. The van der Waals surface area contributed by atoms with E-state index in [9.17, 15) is 8.78 Å². The number of alkyl halides is 2. The zero-order valence-electron chi connectivity index (χ0n) is 15.6. The summed E-state index contributed by atoms with van der Waals surface area (Å²) in [5.41, 5.74) is 4.18. The van der Waals surface area contributed by atoms with Crippen molar-refractivity contribution in [2.45, 2.75) is 19.3 Å². The average molecular weight is 423 g/mol. The van der Waals surface area contributed by atoms with Crippen molar-refractivity contribution in [3.63, 3.8) is 0 Å². The van der Waals surface area contributed by atoms with Crippen LogP contribution < -0.4 is 0 Å². The van der Waals surface area contributed by atoms with Gasteiger partial charge in [-0.3, -0.25) is 4.57 Å². The Hall–Kier alpha value is -3.57. The fraction of sp³-hybridized carbons (Fsp3) is 0.143. The summed E-state index contributed by atoms with van der Waals surface area (Å²) >= 11 is 6.19. The van der Waals surface area contributed by atoms with Gasteiger partial charge < -0.3 is 0 Å². The van der Waals surface area contributed by atoms with Crippen molar-refractivity contribution < 1.29 is 8.78 Å². The van der Waals surface area contributed by atoms with Gasteiger partial charge in [-0.2, -0.15) is 0 Å². The highest BCUT2D eigenvalue weighted by Gasteiger charge is 2.24. The zero-order valence-corrected chi connectivity index (χ0v) is 16.4. The molecule has 30 heavy (non-hydrogen) atoms. The van der Waals surface area contributed by atoms with Crippen LogP contribution in [0.3, 0.4) is 0 Å². The third-order valence-electron chi connectivity index (χ3n) is 4.84. The molecule has 3 aromatic heterocycles. The first kappa shape index (κ1) is 18.5. The summed E-state index contributed by atoms with van der Waals surface area (Å²) in [6.07, 6.45) is 5.04. The van der Waals surface area contributed by atoms with E-state index in [4.69, 9.17) is 11.6 Å². The standard InChI is InChI=1S/C21H13ClF2N6/c1-21(23,24)13-2-4-15(25-10-13)5-6-17-19-9-16-11-27-28-30(16)20-8-14(22)3-7-18(20)29(19)12-26-17/h2-4,7-8,10-12H,9H2,1H3. The van der Waals surface area contributed by atoms with E-state index in [0.717, 1.165) is 35.9 Å². The lowest BCUT2D eigenvalue weighted by molar-refractivity contribution is 0.0171. The smallest absolute Gasteiger partial charge is 0.272 e. The van der Waals surface area contributed by atoms with Gasteiger partial charge in [0.05, 0.1) is 29.0 Å². The topological polar surface area (TPSA) is 61.4 Å². The predicted molar refractivity (Wildman–Crippen MR) is 106 cm³/mol. The third-order valence-corrected chi connectivity index (χ3v) is 5.07. The highest BCUT2D eigenvalue weighted by Crippen LogP contribution is 2.30. The highest BCUT2D eigenvalue weighted by molar-refractivity contribution is 6.30. The first-order valence-electron chi connectivity index (χ1n) is 9.02. The summed E-state index contributed by atoms with van der Waals surface area (Å²) in [7, 11) is 0. The van der Waals surface area contributed by atoms with E-state index in [-0.39, 0.29) is 5.56 Å². The summed E-state index contributed by atoms with van der Waals surface area (Å²) in [6, 6.07) is 8.32. The molecule has 0 saturated heterocycles. The van der Waals surface area contributed by atoms with E-state index in [1.165, 1.54) is 12.1 Å². The molecule has 0 spiro atoms. The predicted octanol–water partition coefficient (Wildman–Crippen LogP) is 3.92. The highest BCUT2D eigenvalue weighted by atomic mass is 35.5. The number of hydrogen-bond donors (Lipinski definition) is 0. The first-order chi connectivity index (χ1) is 14.4. The summed E-state index contributed by atoms with van der Waals surface area (Å²) in [5.74, 6) is 2.98. The largest absolute Gasteiger partial charge is 0.299 e. The molecule has 6 nitrogen and oxygen atoms in total. The minimum Gasteiger partial charge on any atom is -0.299 e. The molecular weight excluding hydrogens is 410 g/mol. The molecule has 0 unspecified atom stereocenters. The van der Waals surface area contributed by atoms with Gasteiger partial charge in [-0.1, -0.05) is 16.8 Å². The Balaban J connectivity index is 1.57. The monoisotopic (exact) mass is 422 g/mol. The van der Waals surface area contributed by atoms with E-state index < -0.39 is 5.92 Å². The normalized spacial score (nSPS) is 12.3. The van der Waals surface area contributed by atoms with Crippen LogP contribution in [0.5, 0.6) is 0 Å². The molecule has 0 radical (unpaired) electrons. The second-order valence-corrected chi connectivity index (χ2v) is 7.36. The lowest BCUT2D eigenvalue weighted by atomic mass is 10.1. The number of benzene rings is 1. The van der Waals surface area contributed by atoms with Crippen LogP contribution in [-0.4, -0.2) is 29.5 Å². The molecule has 148 valence electrons. The fourth-order valence-corrected chi connectivity index (χ4v) is 3.49. The minimum atomic E-state index is -2.94. The van der Waals surface area contributed by atoms with Crippen molar-refractivity contribution in [3.8, 4) is 23.2 Å². The molecule has 1 aliphatic heterocycles. The third kappa shape index (κ3) is 3.13. The molecule has 1 aromatic carbocycles.